The molecule has 146 valence electrons. The molecule has 1 aromatic heterocycles. The summed E-state index contributed by atoms with van der Waals surface area (Å²) in [7, 11) is 3.18. The summed E-state index contributed by atoms with van der Waals surface area (Å²) < 4.78 is 16.3. The van der Waals surface area contributed by atoms with Crippen LogP contribution in [-0.2, 0) is 11.2 Å². The van der Waals surface area contributed by atoms with E-state index in [0.29, 0.717) is 36.0 Å². The Morgan fingerprint density at radius 3 is 2.57 bits per heavy atom. The summed E-state index contributed by atoms with van der Waals surface area (Å²) >= 11 is 0. The summed E-state index contributed by atoms with van der Waals surface area (Å²) in [6.45, 7) is 1.93. The van der Waals surface area contributed by atoms with Gasteiger partial charge in [0.05, 0.1) is 26.5 Å². The maximum atomic E-state index is 12.3. The van der Waals surface area contributed by atoms with Crippen LogP contribution in [0.2, 0.25) is 0 Å². The highest BCUT2D eigenvalue weighted by atomic mass is 16.5. The molecule has 1 heterocycles. The van der Waals surface area contributed by atoms with Gasteiger partial charge in [0.25, 0.3) is 0 Å². The van der Waals surface area contributed by atoms with Crippen LogP contribution in [0, 0.1) is 0 Å². The number of ether oxygens (including phenoxy) is 2. The van der Waals surface area contributed by atoms with E-state index in [1.807, 2.05) is 55.5 Å². The molecule has 1 N–H and O–H groups in total. The minimum Gasteiger partial charge on any atom is -0.493 e. The van der Waals surface area contributed by atoms with Crippen LogP contribution >= 0.6 is 0 Å². The third-order valence-electron chi connectivity index (χ3n) is 4.46. The van der Waals surface area contributed by atoms with Gasteiger partial charge >= 0.3 is 0 Å². The molecule has 0 spiro atoms. The molecule has 2 aromatic carbocycles. The molecule has 28 heavy (non-hydrogen) atoms. The minimum atomic E-state index is -0.156. The van der Waals surface area contributed by atoms with E-state index >= 15 is 0 Å². The van der Waals surface area contributed by atoms with Gasteiger partial charge < -0.3 is 19.2 Å². The van der Waals surface area contributed by atoms with Crippen LogP contribution in [0.25, 0.3) is 11.3 Å². The van der Waals surface area contributed by atoms with Gasteiger partial charge in [-0.1, -0.05) is 36.4 Å². The van der Waals surface area contributed by atoms with Gasteiger partial charge in [0.15, 0.2) is 23.1 Å². The van der Waals surface area contributed by atoms with Gasteiger partial charge in [-0.3, -0.25) is 4.79 Å². The highest BCUT2D eigenvalue weighted by molar-refractivity contribution is 5.76. The van der Waals surface area contributed by atoms with Gasteiger partial charge in [-0.05, 0) is 24.6 Å². The van der Waals surface area contributed by atoms with Crippen LogP contribution in [0.5, 0.6) is 11.5 Å². The van der Waals surface area contributed by atoms with Gasteiger partial charge in [0, 0.05) is 18.4 Å². The van der Waals surface area contributed by atoms with Crippen molar-refractivity contribution < 1.29 is 18.7 Å². The number of hydrogen-bond donors (Lipinski definition) is 1. The van der Waals surface area contributed by atoms with Gasteiger partial charge in [0.2, 0.25) is 5.91 Å². The second kappa shape index (κ2) is 9.08. The SMILES string of the molecule is COc1ccc(C(C)NC(=O)CCc2ncc(-c3ccccc3)o2)cc1OC. The zero-order chi connectivity index (χ0) is 19.9. The second-order valence-corrected chi connectivity index (χ2v) is 6.39. The van der Waals surface area contributed by atoms with Gasteiger partial charge in [0.1, 0.15) is 0 Å². The fourth-order valence-corrected chi connectivity index (χ4v) is 2.90. The topological polar surface area (TPSA) is 73.6 Å². The van der Waals surface area contributed by atoms with Crippen LogP contribution in [0.3, 0.4) is 0 Å². The number of nitrogens with one attached hydrogen (secondary N) is 1. The molecule has 0 saturated carbocycles. The maximum Gasteiger partial charge on any atom is 0.220 e. The molecule has 0 aliphatic carbocycles. The number of nitrogens with zero attached hydrogens (tertiary/aromatic N) is 1. The van der Waals surface area contributed by atoms with Crippen molar-refractivity contribution in [3.8, 4) is 22.8 Å². The highest BCUT2D eigenvalue weighted by Crippen LogP contribution is 2.30. The molecule has 6 heteroatoms. The molecule has 0 fully saturated rings. The summed E-state index contributed by atoms with van der Waals surface area (Å²) in [5.41, 5.74) is 1.90. The van der Waals surface area contributed by atoms with Crippen molar-refractivity contribution >= 4 is 5.91 Å². The molecular weight excluding hydrogens is 356 g/mol. The third kappa shape index (κ3) is 4.71. The van der Waals surface area contributed by atoms with Crippen molar-refractivity contribution in [1.82, 2.24) is 10.3 Å². The molecule has 6 nitrogen and oxygen atoms in total. The van der Waals surface area contributed by atoms with Crippen LogP contribution in [0.1, 0.15) is 30.8 Å². The minimum absolute atomic E-state index is 0.0678. The van der Waals surface area contributed by atoms with Gasteiger partial charge in [-0.15, -0.1) is 0 Å². The van der Waals surface area contributed by atoms with E-state index < -0.39 is 0 Å². The van der Waals surface area contributed by atoms with Crippen molar-refractivity contribution in [1.29, 1.82) is 0 Å². The molecule has 3 rings (SSSR count). The number of methoxy groups -OCH3 is 2. The Balaban J connectivity index is 1.55. The van der Waals surface area contributed by atoms with Crippen molar-refractivity contribution in [2.75, 3.05) is 14.2 Å². The zero-order valence-corrected chi connectivity index (χ0v) is 16.3. The molecule has 0 saturated heterocycles. The smallest absolute Gasteiger partial charge is 0.220 e. The van der Waals surface area contributed by atoms with Crippen LogP contribution in [-0.4, -0.2) is 25.1 Å². The first-order chi connectivity index (χ1) is 13.6. The number of benzene rings is 2. The van der Waals surface area contributed by atoms with Gasteiger partial charge in [-0.25, -0.2) is 4.98 Å². The molecule has 0 aliphatic heterocycles. The number of aryl methyl sites for hydroxylation is 1. The normalized spacial score (nSPS) is 11.7. The van der Waals surface area contributed by atoms with E-state index in [1.54, 1.807) is 20.4 Å². The summed E-state index contributed by atoms with van der Waals surface area (Å²) in [4.78, 5) is 16.6. The van der Waals surface area contributed by atoms with E-state index in [9.17, 15) is 4.79 Å². The molecule has 3 aromatic rings. The van der Waals surface area contributed by atoms with Crippen LogP contribution < -0.4 is 14.8 Å². The Hall–Kier alpha value is -3.28. The van der Waals surface area contributed by atoms with Crippen molar-refractivity contribution in [3.63, 3.8) is 0 Å². The number of hydrogen-bond acceptors (Lipinski definition) is 5. The van der Waals surface area contributed by atoms with E-state index in [-0.39, 0.29) is 11.9 Å². The van der Waals surface area contributed by atoms with Crippen molar-refractivity contribution in [2.45, 2.75) is 25.8 Å². The van der Waals surface area contributed by atoms with E-state index in [0.717, 1.165) is 11.1 Å². The largest absolute Gasteiger partial charge is 0.493 e. The summed E-state index contributed by atoms with van der Waals surface area (Å²) in [6.07, 6.45) is 2.43. The number of rotatable bonds is 8. The lowest BCUT2D eigenvalue weighted by molar-refractivity contribution is -0.121. The Morgan fingerprint density at radius 2 is 1.86 bits per heavy atom. The van der Waals surface area contributed by atoms with Crippen LogP contribution in [0.15, 0.2) is 59.1 Å². The quantitative estimate of drug-likeness (QED) is 0.635. The molecule has 0 bridgehead atoms. The van der Waals surface area contributed by atoms with Gasteiger partial charge in [-0.2, -0.15) is 0 Å². The lowest BCUT2D eigenvalue weighted by Gasteiger charge is -2.16. The Labute approximate surface area is 164 Å². The van der Waals surface area contributed by atoms with E-state index in [4.69, 9.17) is 13.9 Å². The van der Waals surface area contributed by atoms with Crippen molar-refractivity contribution in [3.05, 3.63) is 66.2 Å². The lowest BCUT2D eigenvalue weighted by atomic mass is 10.1. The summed E-state index contributed by atoms with van der Waals surface area (Å²) in [5, 5.41) is 2.99. The zero-order valence-electron chi connectivity index (χ0n) is 16.3. The average molecular weight is 380 g/mol. The molecule has 0 radical (unpaired) electrons. The molecule has 0 aliphatic rings. The number of carbonyl (C=O) groups is 1. The second-order valence-electron chi connectivity index (χ2n) is 6.39. The standard InChI is InChI=1S/C22H24N2O4/c1-15(17-9-10-18(26-2)19(13-17)27-3)24-21(25)11-12-22-23-14-20(28-22)16-7-5-4-6-8-16/h4-10,13-15H,11-12H2,1-3H3,(H,24,25). The predicted molar refractivity (Wildman–Crippen MR) is 106 cm³/mol. The fraction of sp³-hybridized carbons (Fsp3) is 0.273. The average Bonchev–Trinajstić information content (AvgIpc) is 3.21. The number of carbonyl (C=O) groups excluding carboxylic acids is 1. The molecule has 1 unspecified atom stereocenters. The Kier molecular flexibility index (Phi) is 6.32. The van der Waals surface area contributed by atoms with Crippen LogP contribution in [0.4, 0.5) is 0 Å². The number of aromatic nitrogens is 1. The number of amides is 1. The molecular formula is C22H24N2O4. The third-order valence-corrected chi connectivity index (χ3v) is 4.46. The summed E-state index contributed by atoms with van der Waals surface area (Å²) in [5.74, 6) is 2.47. The fourth-order valence-electron chi connectivity index (χ4n) is 2.90. The first-order valence-electron chi connectivity index (χ1n) is 9.12. The first-order valence-corrected chi connectivity index (χ1v) is 9.12. The maximum absolute atomic E-state index is 12.3. The molecule has 1 amide bonds. The lowest BCUT2D eigenvalue weighted by Crippen LogP contribution is -2.26. The summed E-state index contributed by atoms with van der Waals surface area (Å²) in [6, 6.07) is 15.2. The number of oxazole rings is 1. The van der Waals surface area contributed by atoms with E-state index in [2.05, 4.69) is 10.3 Å². The molecule has 1 atom stereocenters. The van der Waals surface area contributed by atoms with Crippen molar-refractivity contribution in [2.24, 2.45) is 0 Å². The first kappa shape index (κ1) is 19.5. The van der Waals surface area contributed by atoms with E-state index in [1.165, 1.54) is 0 Å². The monoisotopic (exact) mass is 380 g/mol. The Morgan fingerprint density at radius 1 is 1.11 bits per heavy atom. The predicted octanol–water partition coefficient (Wildman–Crippen LogP) is 4.17. The highest BCUT2D eigenvalue weighted by Gasteiger charge is 2.14. The Bertz CT molecular complexity index is 921.